The SMILES string of the molecule is c1ccc(-c2ccccc2-c2nc(-c3cccc4oc5ccc(-c6cccc(-c7cccc8c7-c7ccccc7C87c8ccccc8-c8ccccc87)c6)cc5c34)nc(-c3cccc4sc5ccccc5c34)n2)cc1. The summed E-state index contributed by atoms with van der Waals surface area (Å²) in [6, 6.07) is 89.7. The van der Waals surface area contributed by atoms with Crippen molar-refractivity contribution in [3.8, 4) is 89.8 Å². The second-order valence-electron chi connectivity index (χ2n) is 19.7. The molecular weight excluding hydrogens is 931 g/mol. The van der Waals surface area contributed by atoms with Crippen LogP contribution in [0.15, 0.2) is 253 Å². The van der Waals surface area contributed by atoms with Gasteiger partial charge in [-0.15, -0.1) is 11.3 Å². The molecule has 0 saturated heterocycles. The molecule has 3 aromatic heterocycles. The third-order valence-corrected chi connectivity index (χ3v) is 16.9. The molecule has 75 heavy (non-hydrogen) atoms. The fourth-order valence-electron chi connectivity index (χ4n) is 12.7. The summed E-state index contributed by atoms with van der Waals surface area (Å²) in [7, 11) is 0. The summed E-state index contributed by atoms with van der Waals surface area (Å²) in [4.78, 5) is 16.2. The van der Waals surface area contributed by atoms with Crippen LogP contribution < -0.4 is 0 Å². The molecule has 0 amide bonds. The Morgan fingerprint density at radius 2 is 0.800 bits per heavy atom. The zero-order valence-electron chi connectivity index (χ0n) is 40.3. The first kappa shape index (κ1) is 42.0. The maximum Gasteiger partial charge on any atom is 0.164 e. The molecule has 0 N–H and O–H groups in total. The zero-order chi connectivity index (χ0) is 49.2. The van der Waals surface area contributed by atoms with Gasteiger partial charge in [-0.3, -0.25) is 0 Å². The van der Waals surface area contributed by atoms with Crippen LogP contribution in [-0.2, 0) is 5.41 Å². The van der Waals surface area contributed by atoms with Crippen molar-refractivity contribution in [3.05, 3.63) is 271 Å². The molecule has 5 heteroatoms. The van der Waals surface area contributed by atoms with Gasteiger partial charge in [0.2, 0.25) is 0 Å². The van der Waals surface area contributed by atoms with Crippen LogP contribution in [-0.4, -0.2) is 15.0 Å². The Morgan fingerprint density at radius 3 is 1.57 bits per heavy atom. The third-order valence-electron chi connectivity index (χ3n) is 15.8. The summed E-state index contributed by atoms with van der Waals surface area (Å²) in [6.45, 7) is 0. The van der Waals surface area contributed by atoms with E-state index in [1.165, 1.54) is 70.4 Å². The Labute approximate surface area is 436 Å². The second kappa shape index (κ2) is 16.2. The van der Waals surface area contributed by atoms with Crippen LogP contribution in [0.2, 0.25) is 0 Å². The third kappa shape index (κ3) is 6.13. The van der Waals surface area contributed by atoms with Crippen LogP contribution >= 0.6 is 11.3 Å². The molecule has 2 aliphatic carbocycles. The van der Waals surface area contributed by atoms with Crippen LogP contribution in [0.4, 0.5) is 0 Å². The normalized spacial score (nSPS) is 12.9. The molecule has 0 fully saturated rings. The lowest BCUT2D eigenvalue weighted by atomic mass is 9.70. The quantitative estimate of drug-likeness (QED) is 0.167. The molecule has 0 atom stereocenters. The van der Waals surface area contributed by atoms with E-state index in [9.17, 15) is 0 Å². The first-order chi connectivity index (χ1) is 37.2. The average molecular weight is 972 g/mol. The van der Waals surface area contributed by atoms with Crippen LogP contribution in [0, 0.1) is 0 Å². The van der Waals surface area contributed by atoms with Gasteiger partial charge >= 0.3 is 0 Å². The number of nitrogens with zero attached hydrogens (tertiary/aromatic N) is 3. The summed E-state index contributed by atoms with van der Waals surface area (Å²) in [6.07, 6.45) is 0. The fourth-order valence-corrected chi connectivity index (χ4v) is 13.8. The largest absolute Gasteiger partial charge is 0.456 e. The van der Waals surface area contributed by atoms with Crippen molar-refractivity contribution in [2.45, 2.75) is 5.41 Å². The zero-order valence-corrected chi connectivity index (χ0v) is 41.1. The molecule has 0 unspecified atom stereocenters. The van der Waals surface area contributed by atoms with Gasteiger partial charge in [0.05, 0.1) is 5.41 Å². The van der Waals surface area contributed by atoms with E-state index < -0.39 is 5.41 Å². The van der Waals surface area contributed by atoms with Gasteiger partial charge in [-0.2, -0.15) is 0 Å². The van der Waals surface area contributed by atoms with Crippen molar-refractivity contribution in [1.29, 1.82) is 0 Å². The summed E-state index contributed by atoms with van der Waals surface area (Å²) in [5.41, 5.74) is 21.3. The molecule has 4 nitrogen and oxygen atoms in total. The minimum absolute atomic E-state index is 0.408. The Balaban J connectivity index is 0.868. The van der Waals surface area contributed by atoms with Crippen molar-refractivity contribution < 1.29 is 4.42 Å². The van der Waals surface area contributed by atoms with E-state index in [0.717, 1.165) is 66.3 Å². The Morgan fingerprint density at radius 1 is 0.293 bits per heavy atom. The minimum Gasteiger partial charge on any atom is -0.456 e. The highest BCUT2D eigenvalue weighted by Crippen LogP contribution is 2.64. The number of hydrogen-bond acceptors (Lipinski definition) is 5. The average Bonchev–Trinajstić information content (AvgIpc) is 4.26. The molecule has 16 rings (SSSR count). The number of fused-ring (bicyclic) bond motifs is 16. The Kier molecular flexibility index (Phi) is 9.09. The molecule has 3 heterocycles. The van der Waals surface area contributed by atoms with Gasteiger partial charge in [0, 0.05) is 47.6 Å². The summed E-state index contributed by atoms with van der Waals surface area (Å²) >= 11 is 1.79. The standard InChI is InChI=1S/C70H41N3OS/c1-2-18-42(19-3-1)46-22-4-5-25-50(46)67-71-68(73-69(72-67)54-30-17-37-63-66(54)52-27-9-13-36-62(52)75-63)53-29-16-35-61-65(53)55-41-44(38-39-60(55)74-61)43-20-14-21-45(40-43)47-28-15-34-59-64(47)51-26-8-12-33-58(51)70(59)56-31-10-6-23-48(56)49-24-7-11-32-57(49)70/h1-41H. The van der Waals surface area contributed by atoms with Crippen molar-refractivity contribution in [2.75, 3.05) is 0 Å². The van der Waals surface area contributed by atoms with Gasteiger partial charge in [-0.1, -0.05) is 212 Å². The number of thiophene rings is 1. The number of hydrogen-bond donors (Lipinski definition) is 0. The smallest absolute Gasteiger partial charge is 0.164 e. The topological polar surface area (TPSA) is 51.8 Å². The van der Waals surface area contributed by atoms with Crippen LogP contribution in [0.1, 0.15) is 22.3 Å². The lowest BCUT2D eigenvalue weighted by molar-refractivity contribution is 0.669. The van der Waals surface area contributed by atoms with Gasteiger partial charge in [0.15, 0.2) is 17.5 Å². The molecule has 0 bridgehead atoms. The molecule has 14 aromatic rings. The summed E-state index contributed by atoms with van der Waals surface area (Å²) in [5, 5.41) is 4.30. The maximum atomic E-state index is 6.71. The van der Waals surface area contributed by atoms with E-state index in [4.69, 9.17) is 19.4 Å². The predicted molar refractivity (Wildman–Crippen MR) is 309 cm³/mol. The molecule has 348 valence electrons. The molecule has 1 spiro atoms. The maximum absolute atomic E-state index is 6.71. The van der Waals surface area contributed by atoms with E-state index in [1.54, 1.807) is 11.3 Å². The van der Waals surface area contributed by atoms with Crippen molar-refractivity contribution in [3.63, 3.8) is 0 Å². The van der Waals surface area contributed by atoms with Crippen molar-refractivity contribution in [1.82, 2.24) is 15.0 Å². The predicted octanol–water partition coefficient (Wildman–Crippen LogP) is 18.5. The van der Waals surface area contributed by atoms with Gasteiger partial charge in [0.1, 0.15) is 11.2 Å². The van der Waals surface area contributed by atoms with Crippen LogP contribution in [0.3, 0.4) is 0 Å². The number of rotatable bonds is 6. The van der Waals surface area contributed by atoms with E-state index in [0.29, 0.717) is 17.5 Å². The molecule has 11 aromatic carbocycles. The lowest BCUT2D eigenvalue weighted by Gasteiger charge is -2.30. The Hall–Kier alpha value is -9.55. The van der Waals surface area contributed by atoms with Crippen LogP contribution in [0.5, 0.6) is 0 Å². The molecule has 0 aliphatic heterocycles. The van der Waals surface area contributed by atoms with Crippen molar-refractivity contribution >= 4 is 53.4 Å². The summed E-state index contributed by atoms with van der Waals surface area (Å²) in [5.74, 6) is 1.81. The monoisotopic (exact) mass is 971 g/mol. The second-order valence-corrected chi connectivity index (χ2v) is 20.8. The van der Waals surface area contributed by atoms with Crippen molar-refractivity contribution in [2.24, 2.45) is 0 Å². The Bertz CT molecular complexity index is 4630. The number of furan rings is 1. The van der Waals surface area contributed by atoms with Gasteiger partial charge < -0.3 is 4.42 Å². The first-order valence-electron chi connectivity index (χ1n) is 25.5. The lowest BCUT2D eigenvalue weighted by Crippen LogP contribution is -2.25. The highest BCUT2D eigenvalue weighted by atomic mass is 32.1. The van der Waals surface area contributed by atoms with Gasteiger partial charge in [0.25, 0.3) is 0 Å². The molecular formula is C70H41N3OS. The van der Waals surface area contributed by atoms with Gasteiger partial charge in [-0.05, 0) is 114 Å². The van der Waals surface area contributed by atoms with E-state index in [1.807, 2.05) is 18.2 Å². The van der Waals surface area contributed by atoms with Crippen LogP contribution in [0.25, 0.3) is 132 Å². The molecule has 0 radical (unpaired) electrons. The highest BCUT2D eigenvalue weighted by molar-refractivity contribution is 7.25. The number of aromatic nitrogens is 3. The fraction of sp³-hybridized carbons (Fsp3) is 0.0143. The molecule has 2 aliphatic rings. The van der Waals surface area contributed by atoms with E-state index >= 15 is 0 Å². The van der Waals surface area contributed by atoms with E-state index in [2.05, 4.69) is 231 Å². The highest BCUT2D eigenvalue weighted by Gasteiger charge is 2.52. The number of benzene rings is 11. The molecule has 0 saturated carbocycles. The van der Waals surface area contributed by atoms with E-state index in [-0.39, 0.29) is 0 Å². The van der Waals surface area contributed by atoms with Gasteiger partial charge in [-0.25, -0.2) is 15.0 Å². The minimum atomic E-state index is -0.408. The first-order valence-corrected chi connectivity index (χ1v) is 26.3. The summed E-state index contributed by atoms with van der Waals surface area (Å²) < 4.78 is 9.13.